The number of aryl methyl sites for hydroxylation is 2. The van der Waals surface area contributed by atoms with Gasteiger partial charge in [0.2, 0.25) is 0 Å². The van der Waals surface area contributed by atoms with E-state index in [1.807, 2.05) is 25.6 Å². The minimum atomic E-state index is -0.0580. The van der Waals surface area contributed by atoms with Crippen LogP contribution >= 0.6 is 11.6 Å². The van der Waals surface area contributed by atoms with E-state index in [4.69, 9.17) is 16.6 Å². The minimum absolute atomic E-state index is 0.0580. The van der Waals surface area contributed by atoms with Gasteiger partial charge in [0.05, 0.1) is 11.1 Å². The lowest BCUT2D eigenvalue weighted by molar-refractivity contribution is 0.499. The largest absolute Gasteiger partial charge is 0.309 e. The van der Waals surface area contributed by atoms with Crippen molar-refractivity contribution in [1.29, 1.82) is 0 Å². The van der Waals surface area contributed by atoms with E-state index in [2.05, 4.69) is 9.67 Å². The molecule has 0 spiro atoms. The lowest BCUT2D eigenvalue weighted by atomic mass is 10.2. The van der Waals surface area contributed by atoms with Gasteiger partial charge < -0.3 is 4.57 Å². The summed E-state index contributed by atoms with van der Waals surface area (Å²) in [6, 6.07) is 0.543. The first kappa shape index (κ1) is 12.0. The summed E-state index contributed by atoms with van der Waals surface area (Å²) < 4.78 is 4.28. The molecular formula is C13H19ClN4. The highest BCUT2D eigenvalue weighted by Gasteiger charge is 2.27. The number of aromatic nitrogens is 4. The molecule has 2 aromatic rings. The van der Waals surface area contributed by atoms with Crippen molar-refractivity contribution in [2.75, 3.05) is 0 Å². The molecule has 1 fully saturated rings. The third-order valence-electron chi connectivity index (χ3n) is 3.91. The molecule has 4 nitrogen and oxygen atoms in total. The number of alkyl halides is 1. The number of halogens is 1. The highest BCUT2D eigenvalue weighted by molar-refractivity contribution is 6.20. The van der Waals surface area contributed by atoms with Crippen molar-refractivity contribution in [2.45, 2.75) is 50.9 Å². The highest BCUT2D eigenvalue weighted by Crippen LogP contribution is 2.36. The predicted octanol–water partition coefficient (Wildman–Crippen LogP) is 3.49. The molecule has 1 atom stereocenters. The summed E-state index contributed by atoms with van der Waals surface area (Å²) >= 11 is 6.31. The fourth-order valence-electron chi connectivity index (χ4n) is 3.12. The number of fused-ring (bicyclic) bond motifs is 1. The summed E-state index contributed by atoms with van der Waals surface area (Å²) in [5.74, 6) is 0.995. The van der Waals surface area contributed by atoms with Gasteiger partial charge in [-0.1, -0.05) is 12.8 Å². The average Bonchev–Trinajstić information content (AvgIpc) is 2.98. The Morgan fingerprint density at radius 1 is 1.33 bits per heavy atom. The molecule has 1 unspecified atom stereocenters. The zero-order chi connectivity index (χ0) is 12.9. The van der Waals surface area contributed by atoms with Crippen molar-refractivity contribution in [3.63, 3.8) is 0 Å². The predicted molar refractivity (Wildman–Crippen MR) is 73.0 cm³/mol. The van der Waals surface area contributed by atoms with E-state index in [0.29, 0.717) is 6.04 Å². The topological polar surface area (TPSA) is 35.6 Å². The Morgan fingerprint density at radius 3 is 2.61 bits per heavy atom. The molecule has 0 saturated heterocycles. The lowest BCUT2D eigenvalue weighted by Gasteiger charge is -2.17. The maximum atomic E-state index is 6.31. The first-order valence-corrected chi connectivity index (χ1v) is 7.08. The van der Waals surface area contributed by atoms with E-state index in [-0.39, 0.29) is 5.38 Å². The van der Waals surface area contributed by atoms with Gasteiger partial charge in [0.1, 0.15) is 11.3 Å². The van der Waals surface area contributed by atoms with Crippen molar-refractivity contribution in [1.82, 2.24) is 19.3 Å². The van der Waals surface area contributed by atoms with E-state index in [1.54, 1.807) is 0 Å². The van der Waals surface area contributed by atoms with Crippen LogP contribution in [0.1, 0.15) is 55.5 Å². The fraction of sp³-hybridized carbons (Fsp3) is 0.692. The molecule has 1 saturated carbocycles. The van der Waals surface area contributed by atoms with E-state index in [1.165, 1.54) is 25.7 Å². The van der Waals surface area contributed by atoms with Gasteiger partial charge in [-0.2, -0.15) is 5.10 Å². The second-order valence-electron chi connectivity index (χ2n) is 5.28. The van der Waals surface area contributed by atoms with E-state index in [0.717, 1.165) is 22.7 Å². The van der Waals surface area contributed by atoms with Crippen LogP contribution in [0.2, 0.25) is 0 Å². The monoisotopic (exact) mass is 266 g/mol. The smallest absolute Gasteiger partial charge is 0.158 e. The molecule has 2 heterocycles. The van der Waals surface area contributed by atoms with Crippen LogP contribution in [0.4, 0.5) is 0 Å². The van der Waals surface area contributed by atoms with Crippen LogP contribution in [0.5, 0.6) is 0 Å². The van der Waals surface area contributed by atoms with Crippen molar-refractivity contribution in [3.8, 4) is 0 Å². The number of imidazole rings is 1. The Labute approximate surface area is 112 Å². The van der Waals surface area contributed by atoms with Gasteiger partial charge >= 0.3 is 0 Å². The van der Waals surface area contributed by atoms with Gasteiger partial charge in [-0.3, -0.25) is 4.68 Å². The first-order chi connectivity index (χ1) is 8.59. The van der Waals surface area contributed by atoms with E-state index < -0.39 is 0 Å². The van der Waals surface area contributed by atoms with Crippen LogP contribution in [0.15, 0.2) is 0 Å². The number of hydrogen-bond acceptors (Lipinski definition) is 2. The molecule has 98 valence electrons. The lowest BCUT2D eigenvalue weighted by Crippen LogP contribution is -2.12. The Kier molecular flexibility index (Phi) is 2.85. The van der Waals surface area contributed by atoms with Gasteiger partial charge in [0.25, 0.3) is 0 Å². The van der Waals surface area contributed by atoms with Crippen molar-refractivity contribution in [3.05, 3.63) is 11.5 Å². The number of hydrogen-bond donors (Lipinski definition) is 0. The van der Waals surface area contributed by atoms with Gasteiger partial charge in [0.15, 0.2) is 5.65 Å². The quantitative estimate of drug-likeness (QED) is 0.780. The van der Waals surface area contributed by atoms with Crippen LogP contribution < -0.4 is 0 Å². The van der Waals surface area contributed by atoms with Crippen molar-refractivity contribution >= 4 is 22.8 Å². The third-order valence-corrected chi connectivity index (χ3v) is 4.10. The number of nitrogens with zero attached hydrogens (tertiary/aromatic N) is 4. The van der Waals surface area contributed by atoms with Crippen LogP contribution in [0.3, 0.4) is 0 Å². The second-order valence-corrected chi connectivity index (χ2v) is 5.93. The second kappa shape index (κ2) is 4.26. The summed E-state index contributed by atoms with van der Waals surface area (Å²) in [5.41, 5.74) is 3.12. The van der Waals surface area contributed by atoms with Crippen LogP contribution in [-0.2, 0) is 7.05 Å². The maximum absolute atomic E-state index is 6.31. The fourth-order valence-corrected chi connectivity index (χ4v) is 3.27. The Morgan fingerprint density at radius 2 is 2.00 bits per heavy atom. The molecule has 0 aliphatic heterocycles. The highest BCUT2D eigenvalue weighted by atomic mass is 35.5. The standard InChI is InChI=1S/C13H19ClN4/c1-8(14)12-15-11-9(2)16-17(3)13(11)18(12)10-6-4-5-7-10/h8,10H,4-7H2,1-3H3. The molecule has 0 N–H and O–H groups in total. The third kappa shape index (κ3) is 1.66. The van der Waals surface area contributed by atoms with Crippen LogP contribution in [0, 0.1) is 6.92 Å². The number of rotatable bonds is 2. The summed E-state index contributed by atoms with van der Waals surface area (Å²) in [5, 5.41) is 4.41. The molecule has 0 bridgehead atoms. The SMILES string of the molecule is Cc1nn(C)c2c1nc(C(C)Cl)n2C1CCCC1. The zero-order valence-electron chi connectivity index (χ0n) is 11.1. The molecule has 18 heavy (non-hydrogen) atoms. The van der Waals surface area contributed by atoms with Gasteiger partial charge in [-0.25, -0.2) is 4.98 Å². The minimum Gasteiger partial charge on any atom is -0.309 e. The summed E-state index contributed by atoms with van der Waals surface area (Å²) in [6.45, 7) is 4.01. The van der Waals surface area contributed by atoms with Gasteiger partial charge in [-0.15, -0.1) is 11.6 Å². The zero-order valence-corrected chi connectivity index (χ0v) is 11.9. The summed E-state index contributed by atoms with van der Waals surface area (Å²) in [6.07, 6.45) is 5.06. The van der Waals surface area contributed by atoms with Gasteiger partial charge in [-0.05, 0) is 26.7 Å². The van der Waals surface area contributed by atoms with E-state index >= 15 is 0 Å². The average molecular weight is 267 g/mol. The van der Waals surface area contributed by atoms with Gasteiger partial charge in [0, 0.05) is 13.1 Å². The molecule has 1 aliphatic rings. The Balaban J connectivity index is 2.26. The molecule has 5 heteroatoms. The van der Waals surface area contributed by atoms with Crippen molar-refractivity contribution < 1.29 is 0 Å². The van der Waals surface area contributed by atoms with Crippen LogP contribution in [-0.4, -0.2) is 19.3 Å². The van der Waals surface area contributed by atoms with Crippen molar-refractivity contribution in [2.24, 2.45) is 7.05 Å². The molecule has 3 rings (SSSR count). The summed E-state index contributed by atoms with van der Waals surface area (Å²) in [4.78, 5) is 4.72. The Bertz CT molecular complexity index is 575. The molecular weight excluding hydrogens is 248 g/mol. The Hall–Kier alpha value is -1.03. The first-order valence-electron chi connectivity index (χ1n) is 6.65. The molecule has 0 aromatic carbocycles. The van der Waals surface area contributed by atoms with Crippen LogP contribution in [0.25, 0.3) is 11.2 Å². The molecule has 1 aliphatic carbocycles. The summed E-state index contributed by atoms with van der Waals surface area (Å²) in [7, 11) is 1.99. The van der Waals surface area contributed by atoms with E-state index in [9.17, 15) is 0 Å². The molecule has 0 radical (unpaired) electrons. The molecule has 0 amide bonds. The maximum Gasteiger partial charge on any atom is 0.158 e. The molecule has 2 aromatic heterocycles. The normalized spacial score (nSPS) is 18.9.